The van der Waals surface area contributed by atoms with Crippen molar-refractivity contribution in [3.63, 3.8) is 0 Å². The van der Waals surface area contributed by atoms with Crippen LogP contribution in [0.4, 0.5) is 22.0 Å². The zero-order valence-corrected chi connectivity index (χ0v) is 14.5. The summed E-state index contributed by atoms with van der Waals surface area (Å²) in [6.07, 6.45) is -6.64. The van der Waals surface area contributed by atoms with Gasteiger partial charge in [0.2, 0.25) is 6.17 Å². The SMILES string of the molecule is CCCCOC(=O)C(SCCCC(F)(F)C(F)C(F)F)C(C)C. The van der Waals surface area contributed by atoms with Crippen LogP contribution in [0, 0.1) is 5.92 Å². The topological polar surface area (TPSA) is 26.3 Å². The molecule has 2 nitrogen and oxygen atoms in total. The van der Waals surface area contributed by atoms with Crippen LogP contribution in [-0.4, -0.2) is 42.1 Å². The number of halogens is 5. The highest BCUT2D eigenvalue weighted by molar-refractivity contribution is 8.00. The molecule has 0 radical (unpaired) electrons. The van der Waals surface area contributed by atoms with Gasteiger partial charge in [-0.3, -0.25) is 4.79 Å². The van der Waals surface area contributed by atoms with E-state index in [-0.39, 0.29) is 18.1 Å². The van der Waals surface area contributed by atoms with Crippen molar-refractivity contribution in [2.24, 2.45) is 5.92 Å². The summed E-state index contributed by atoms with van der Waals surface area (Å²) in [7, 11) is 0. The van der Waals surface area contributed by atoms with E-state index in [2.05, 4.69) is 0 Å². The molecule has 138 valence electrons. The third-order valence-corrected chi connectivity index (χ3v) is 4.78. The summed E-state index contributed by atoms with van der Waals surface area (Å²) in [5.41, 5.74) is 0. The summed E-state index contributed by atoms with van der Waals surface area (Å²) in [6, 6.07) is 0. The zero-order chi connectivity index (χ0) is 18.0. The Morgan fingerprint density at radius 2 is 1.78 bits per heavy atom. The average Bonchev–Trinajstić information content (AvgIpc) is 2.45. The molecule has 23 heavy (non-hydrogen) atoms. The summed E-state index contributed by atoms with van der Waals surface area (Å²) >= 11 is 1.14. The van der Waals surface area contributed by atoms with Crippen LogP contribution in [0.25, 0.3) is 0 Å². The summed E-state index contributed by atoms with van der Waals surface area (Å²) in [5.74, 6) is -4.35. The van der Waals surface area contributed by atoms with Crippen LogP contribution in [0.5, 0.6) is 0 Å². The highest BCUT2D eigenvalue weighted by atomic mass is 32.2. The first-order valence-corrected chi connectivity index (χ1v) is 8.76. The van der Waals surface area contributed by atoms with Crippen molar-refractivity contribution in [2.75, 3.05) is 12.4 Å². The van der Waals surface area contributed by atoms with Gasteiger partial charge in [-0.2, -0.15) is 0 Å². The molecular weight excluding hydrogens is 339 g/mol. The van der Waals surface area contributed by atoms with Crippen LogP contribution in [-0.2, 0) is 9.53 Å². The van der Waals surface area contributed by atoms with Gasteiger partial charge in [-0.25, -0.2) is 22.0 Å². The Hall–Kier alpha value is -0.530. The van der Waals surface area contributed by atoms with Crippen molar-refractivity contribution in [2.45, 2.75) is 70.2 Å². The Morgan fingerprint density at radius 1 is 1.17 bits per heavy atom. The highest BCUT2D eigenvalue weighted by Crippen LogP contribution is 2.32. The summed E-state index contributed by atoms with van der Waals surface area (Å²) in [4.78, 5) is 11.9. The fourth-order valence-electron chi connectivity index (χ4n) is 1.77. The number of unbranched alkanes of at least 4 members (excludes halogenated alkanes) is 1. The molecule has 0 aromatic carbocycles. The van der Waals surface area contributed by atoms with Crippen molar-refractivity contribution in [1.82, 2.24) is 0 Å². The highest BCUT2D eigenvalue weighted by Gasteiger charge is 2.45. The molecule has 0 bridgehead atoms. The monoisotopic (exact) mass is 364 g/mol. The number of ether oxygens (including phenoxy) is 1. The average molecular weight is 364 g/mol. The zero-order valence-electron chi connectivity index (χ0n) is 13.7. The molecule has 0 aliphatic heterocycles. The molecule has 0 N–H and O–H groups in total. The van der Waals surface area contributed by atoms with E-state index < -0.39 is 36.2 Å². The largest absolute Gasteiger partial charge is 0.465 e. The van der Waals surface area contributed by atoms with Crippen molar-refractivity contribution in [3.05, 3.63) is 0 Å². The van der Waals surface area contributed by atoms with E-state index in [1.165, 1.54) is 0 Å². The minimum absolute atomic E-state index is 0.0513. The van der Waals surface area contributed by atoms with E-state index in [4.69, 9.17) is 4.74 Å². The Bertz CT molecular complexity index is 340. The minimum Gasteiger partial charge on any atom is -0.465 e. The number of carbonyl (C=O) groups excluding carboxylic acids is 1. The molecule has 0 aliphatic carbocycles. The van der Waals surface area contributed by atoms with Crippen LogP contribution in [0.15, 0.2) is 0 Å². The maximum Gasteiger partial charge on any atom is 0.319 e. The second kappa shape index (κ2) is 11.1. The van der Waals surface area contributed by atoms with Gasteiger partial charge in [0.1, 0.15) is 5.25 Å². The first kappa shape index (κ1) is 22.5. The lowest BCUT2D eigenvalue weighted by atomic mass is 10.1. The van der Waals surface area contributed by atoms with Gasteiger partial charge in [-0.1, -0.05) is 27.2 Å². The van der Waals surface area contributed by atoms with Gasteiger partial charge in [0.15, 0.2) is 0 Å². The van der Waals surface area contributed by atoms with Gasteiger partial charge < -0.3 is 4.74 Å². The predicted molar refractivity (Wildman–Crippen MR) is 82.0 cm³/mol. The lowest BCUT2D eigenvalue weighted by Gasteiger charge is -2.21. The van der Waals surface area contributed by atoms with E-state index in [0.717, 1.165) is 24.6 Å². The number of carbonyl (C=O) groups is 1. The number of esters is 1. The first-order chi connectivity index (χ1) is 10.6. The van der Waals surface area contributed by atoms with Crippen LogP contribution in [0.3, 0.4) is 0 Å². The fourth-order valence-corrected chi connectivity index (χ4v) is 2.93. The standard InChI is InChI=1S/C15H25F5O2S/c1-4-5-8-22-14(21)11(10(2)3)23-9-6-7-15(19,20)12(16)13(17)18/h10-13H,4-9H2,1-3H3. The molecule has 0 spiro atoms. The van der Waals surface area contributed by atoms with Crippen LogP contribution >= 0.6 is 11.8 Å². The molecular formula is C15H25F5O2S. The van der Waals surface area contributed by atoms with Gasteiger partial charge in [0.25, 0.3) is 12.3 Å². The lowest BCUT2D eigenvalue weighted by molar-refractivity contribution is -0.143. The van der Waals surface area contributed by atoms with Gasteiger partial charge in [-0.15, -0.1) is 11.8 Å². The molecule has 0 saturated heterocycles. The fraction of sp³-hybridized carbons (Fsp3) is 0.933. The van der Waals surface area contributed by atoms with E-state index in [0.29, 0.717) is 6.61 Å². The molecule has 0 fully saturated rings. The third-order valence-electron chi connectivity index (χ3n) is 3.16. The molecule has 0 saturated carbocycles. The smallest absolute Gasteiger partial charge is 0.319 e. The quantitative estimate of drug-likeness (QED) is 0.274. The Morgan fingerprint density at radius 3 is 2.26 bits per heavy atom. The molecule has 0 aromatic rings. The van der Waals surface area contributed by atoms with E-state index in [1.54, 1.807) is 0 Å². The van der Waals surface area contributed by atoms with E-state index in [1.807, 2.05) is 20.8 Å². The number of rotatable bonds is 12. The van der Waals surface area contributed by atoms with Gasteiger partial charge in [0.05, 0.1) is 6.61 Å². The molecule has 0 heterocycles. The molecule has 0 amide bonds. The maximum atomic E-state index is 13.2. The van der Waals surface area contributed by atoms with Crippen LogP contribution in [0.2, 0.25) is 0 Å². The second-order valence-corrected chi connectivity index (χ2v) is 6.91. The predicted octanol–water partition coefficient (Wildman–Crippen LogP) is 5.11. The molecule has 0 rings (SSSR count). The summed E-state index contributed by atoms with van der Waals surface area (Å²) < 4.78 is 68.2. The van der Waals surface area contributed by atoms with Crippen LogP contribution < -0.4 is 0 Å². The number of thioether (sulfide) groups is 1. The summed E-state index contributed by atoms with van der Waals surface area (Å²) in [6.45, 7) is 5.89. The Kier molecular flexibility index (Phi) is 10.8. The van der Waals surface area contributed by atoms with Crippen LogP contribution in [0.1, 0.15) is 46.5 Å². The second-order valence-electron chi connectivity index (χ2n) is 5.66. The van der Waals surface area contributed by atoms with Gasteiger partial charge >= 0.3 is 5.97 Å². The number of alkyl halides is 5. The van der Waals surface area contributed by atoms with Crippen molar-refractivity contribution < 1.29 is 31.5 Å². The molecule has 2 unspecified atom stereocenters. The van der Waals surface area contributed by atoms with E-state index in [9.17, 15) is 26.7 Å². The van der Waals surface area contributed by atoms with Crippen molar-refractivity contribution >= 4 is 17.7 Å². The first-order valence-electron chi connectivity index (χ1n) is 7.71. The van der Waals surface area contributed by atoms with E-state index >= 15 is 0 Å². The Balaban J connectivity index is 4.26. The van der Waals surface area contributed by atoms with Crippen molar-refractivity contribution in [1.29, 1.82) is 0 Å². The molecule has 8 heteroatoms. The Labute approximate surface area is 138 Å². The number of hydrogen-bond acceptors (Lipinski definition) is 3. The maximum absolute atomic E-state index is 13.2. The third kappa shape index (κ3) is 8.77. The van der Waals surface area contributed by atoms with Gasteiger partial charge in [-0.05, 0) is 24.5 Å². The molecule has 0 aliphatic rings. The lowest BCUT2D eigenvalue weighted by Crippen LogP contribution is -2.35. The van der Waals surface area contributed by atoms with Crippen molar-refractivity contribution in [3.8, 4) is 0 Å². The molecule has 0 aromatic heterocycles. The van der Waals surface area contributed by atoms with Gasteiger partial charge in [0, 0.05) is 6.42 Å². The summed E-state index contributed by atoms with van der Waals surface area (Å²) in [5, 5.41) is -0.503. The normalized spacial score (nSPS) is 15.0. The number of hydrogen-bond donors (Lipinski definition) is 0. The molecule has 2 atom stereocenters. The minimum atomic E-state index is -4.05.